The molecule has 0 fully saturated rings. The van der Waals surface area contributed by atoms with Crippen LogP contribution in [0.5, 0.6) is 5.75 Å². The van der Waals surface area contributed by atoms with E-state index in [4.69, 9.17) is 10.7 Å². The summed E-state index contributed by atoms with van der Waals surface area (Å²) in [5.74, 6) is -4.19. The van der Waals surface area contributed by atoms with Crippen molar-refractivity contribution in [2.45, 2.75) is 11.1 Å². The summed E-state index contributed by atoms with van der Waals surface area (Å²) in [6.07, 6.45) is -4.81. The summed E-state index contributed by atoms with van der Waals surface area (Å²) < 4.78 is 87.5. The number of halogens is 6. The molecule has 0 unspecified atom stereocenters. The van der Waals surface area contributed by atoms with Gasteiger partial charge in [-0.3, -0.25) is 0 Å². The van der Waals surface area contributed by atoms with Gasteiger partial charge in [0.1, 0.15) is 10.7 Å². The Hall–Kier alpha value is -1.09. The molecule has 0 aromatic heterocycles. The zero-order chi connectivity index (χ0) is 14.1. The van der Waals surface area contributed by atoms with E-state index in [1.807, 2.05) is 0 Å². The fraction of sp³-hybridized carbons (Fsp3) is 0.250. The maximum atomic E-state index is 13.2. The van der Waals surface area contributed by atoms with Gasteiger partial charge in [-0.2, -0.15) is 13.2 Å². The largest absolute Gasteiger partial charge is 0.480 e. The molecule has 0 amide bonds. The molecule has 0 saturated carbocycles. The zero-order valence-electron chi connectivity index (χ0n) is 8.26. The van der Waals surface area contributed by atoms with E-state index in [2.05, 4.69) is 4.74 Å². The summed E-state index contributed by atoms with van der Waals surface area (Å²) in [5.41, 5.74) is 0. The average Bonchev–Trinajstić information content (AvgIpc) is 2.12. The lowest BCUT2D eigenvalue weighted by atomic mass is 10.3. The van der Waals surface area contributed by atoms with Gasteiger partial charge in [0.2, 0.25) is 0 Å². The van der Waals surface area contributed by atoms with Gasteiger partial charge in [-0.15, -0.1) is 0 Å². The molecule has 0 N–H and O–H groups in total. The lowest BCUT2D eigenvalue weighted by molar-refractivity contribution is -0.154. The molecule has 0 saturated heterocycles. The van der Waals surface area contributed by atoms with Gasteiger partial charge < -0.3 is 4.74 Å². The molecule has 0 aliphatic carbocycles. The highest BCUT2D eigenvalue weighted by Crippen LogP contribution is 2.32. The van der Waals surface area contributed by atoms with E-state index in [-0.39, 0.29) is 12.1 Å². The van der Waals surface area contributed by atoms with Gasteiger partial charge in [-0.05, 0) is 6.07 Å². The minimum absolute atomic E-state index is 0.178. The SMILES string of the molecule is O=S(=O)(Cl)c1cc(F)cc(F)c1OCC(F)(F)F. The van der Waals surface area contributed by atoms with Crippen LogP contribution in [0.4, 0.5) is 22.0 Å². The summed E-state index contributed by atoms with van der Waals surface area (Å²) >= 11 is 0. The van der Waals surface area contributed by atoms with Crippen LogP contribution in [-0.4, -0.2) is 21.2 Å². The Balaban J connectivity index is 3.25. The van der Waals surface area contributed by atoms with Crippen molar-refractivity contribution < 1.29 is 35.1 Å². The lowest BCUT2D eigenvalue weighted by Gasteiger charge is -2.12. The van der Waals surface area contributed by atoms with Crippen LogP contribution in [0.1, 0.15) is 0 Å². The van der Waals surface area contributed by atoms with E-state index >= 15 is 0 Å². The maximum Gasteiger partial charge on any atom is 0.422 e. The van der Waals surface area contributed by atoms with Gasteiger partial charge >= 0.3 is 6.18 Å². The third-order valence-electron chi connectivity index (χ3n) is 1.62. The van der Waals surface area contributed by atoms with Crippen LogP contribution in [0.3, 0.4) is 0 Å². The minimum atomic E-state index is -4.81. The van der Waals surface area contributed by atoms with Gasteiger partial charge in [-0.1, -0.05) is 0 Å². The van der Waals surface area contributed by atoms with Gasteiger partial charge in [0, 0.05) is 16.7 Å². The number of alkyl halides is 3. The quantitative estimate of drug-likeness (QED) is 0.637. The molecule has 0 aliphatic heterocycles. The van der Waals surface area contributed by atoms with E-state index in [0.717, 1.165) is 0 Å². The Labute approximate surface area is 103 Å². The summed E-state index contributed by atoms with van der Waals surface area (Å²) in [4.78, 5) is -1.20. The van der Waals surface area contributed by atoms with Crippen molar-refractivity contribution in [3.63, 3.8) is 0 Å². The molecule has 0 bridgehead atoms. The highest BCUT2D eigenvalue weighted by Gasteiger charge is 2.31. The van der Waals surface area contributed by atoms with E-state index in [9.17, 15) is 30.4 Å². The van der Waals surface area contributed by atoms with Crippen molar-refractivity contribution in [1.29, 1.82) is 0 Å². The molecule has 1 aromatic rings. The fourth-order valence-corrected chi connectivity index (χ4v) is 1.99. The third-order valence-corrected chi connectivity index (χ3v) is 2.94. The Morgan fingerprint density at radius 1 is 1.22 bits per heavy atom. The Bertz CT molecular complexity index is 555. The normalized spacial score (nSPS) is 12.6. The van der Waals surface area contributed by atoms with Crippen molar-refractivity contribution >= 4 is 19.7 Å². The van der Waals surface area contributed by atoms with Gasteiger partial charge in [0.05, 0.1) is 0 Å². The summed E-state index contributed by atoms with van der Waals surface area (Å²) in [6.45, 7) is -1.94. The molecule has 1 rings (SSSR count). The van der Waals surface area contributed by atoms with E-state index in [1.165, 1.54) is 0 Å². The number of hydrogen-bond acceptors (Lipinski definition) is 3. The summed E-state index contributed by atoms with van der Waals surface area (Å²) in [6, 6.07) is 0.439. The molecule has 1 aromatic carbocycles. The van der Waals surface area contributed by atoms with Crippen LogP contribution in [-0.2, 0) is 9.05 Å². The zero-order valence-corrected chi connectivity index (χ0v) is 9.84. The standard InChI is InChI=1S/C8H4ClF5O3S/c9-18(15,16)6-2-4(10)1-5(11)7(6)17-3-8(12,13)14/h1-2H,3H2. The average molecular weight is 311 g/mol. The fourth-order valence-electron chi connectivity index (χ4n) is 1.01. The van der Waals surface area contributed by atoms with Crippen molar-refractivity contribution in [2.24, 2.45) is 0 Å². The van der Waals surface area contributed by atoms with Crippen LogP contribution in [0.25, 0.3) is 0 Å². The third kappa shape index (κ3) is 3.98. The van der Waals surface area contributed by atoms with E-state index < -0.39 is 44.1 Å². The number of rotatable bonds is 3. The van der Waals surface area contributed by atoms with Crippen LogP contribution in [0.15, 0.2) is 17.0 Å². The molecule has 0 radical (unpaired) electrons. The van der Waals surface area contributed by atoms with Gasteiger partial charge in [0.25, 0.3) is 9.05 Å². The first kappa shape index (κ1) is 15.0. The predicted molar refractivity (Wildman–Crippen MR) is 50.9 cm³/mol. The van der Waals surface area contributed by atoms with E-state index in [0.29, 0.717) is 0 Å². The van der Waals surface area contributed by atoms with Gasteiger partial charge in [0.15, 0.2) is 18.2 Å². The molecule has 0 aliphatic rings. The van der Waals surface area contributed by atoms with Gasteiger partial charge in [-0.25, -0.2) is 17.2 Å². The summed E-state index contributed by atoms with van der Waals surface area (Å²) in [7, 11) is 0.189. The monoisotopic (exact) mass is 310 g/mol. The predicted octanol–water partition coefficient (Wildman–Crippen LogP) is 2.83. The maximum absolute atomic E-state index is 13.2. The first-order valence-corrected chi connectivity index (χ1v) is 6.45. The lowest BCUT2D eigenvalue weighted by Crippen LogP contribution is -2.20. The Kier molecular flexibility index (Phi) is 4.06. The van der Waals surface area contributed by atoms with Crippen molar-refractivity contribution in [1.82, 2.24) is 0 Å². The highest BCUT2D eigenvalue weighted by molar-refractivity contribution is 8.13. The molecule has 18 heavy (non-hydrogen) atoms. The second-order valence-electron chi connectivity index (χ2n) is 3.06. The Morgan fingerprint density at radius 3 is 2.22 bits per heavy atom. The smallest absolute Gasteiger partial charge is 0.422 e. The number of ether oxygens (including phenoxy) is 1. The molecule has 0 spiro atoms. The molecule has 10 heteroatoms. The molecule has 3 nitrogen and oxygen atoms in total. The molecular formula is C8H4ClF5O3S. The summed E-state index contributed by atoms with van der Waals surface area (Å²) in [5, 5.41) is 0. The first-order chi connectivity index (χ1) is 8.00. The molecular weight excluding hydrogens is 307 g/mol. The second kappa shape index (κ2) is 4.88. The minimum Gasteiger partial charge on any atom is -0.480 e. The highest BCUT2D eigenvalue weighted by atomic mass is 35.7. The Morgan fingerprint density at radius 2 is 1.78 bits per heavy atom. The second-order valence-corrected chi connectivity index (χ2v) is 5.59. The van der Waals surface area contributed by atoms with Crippen molar-refractivity contribution in [3.05, 3.63) is 23.8 Å². The van der Waals surface area contributed by atoms with Crippen LogP contribution < -0.4 is 4.74 Å². The van der Waals surface area contributed by atoms with Crippen LogP contribution >= 0.6 is 10.7 Å². The topological polar surface area (TPSA) is 43.4 Å². The number of benzene rings is 1. The van der Waals surface area contributed by atoms with Crippen LogP contribution in [0, 0.1) is 11.6 Å². The molecule has 0 atom stereocenters. The van der Waals surface area contributed by atoms with Crippen LogP contribution in [0.2, 0.25) is 0 Å². The van der Waals surface area contributed by atoms with Crippen molar-refractivity contribution in [3.8, 4) is 5.75 Å². The molecule has 0 heterocycles. The first-order valence-electron chi connectivity index (χ1n) is 4.14. The van der Waals surface area contributed by atoms with Crippen molar-refractivity contribution in [2.75, 3.05) is 6.61 Å². The number of hydrogen-bond donors (Lipinski definition) is 0. The van der Waals surface area contributed by atoms with E-state index in [1.54, 1.807) is 0 Å². The molecule has 102 valence electrons.